The van der Waals surface area contributed by atoms with E-state index in [4.69, 9.17) is 10.5 Å². The maximum Gasteiger partial charge on any atom is 0.123 e. The first-order valence-electron chi connectivity index (χ1n) is 6.84. The van der Waals surface area contributed by atoms with Crippen LogP contribution in [0.3, 0.4) is 0 Å². The Hall–Kier alpha value is -1.13. The van der Waals surface area contributed by atoms with Crippen molar-refractivity contribution < 1.29 is 9.13 Å². The van der Waals surface area contributed by atoms with Crippen LogP contribution in [-0.4, -0.2) is 38.7 Å². The van der Waals surface area contributed by atoms with E-state index in [1.165, 1.54) is 6.07 Å². The fraction of sp³-hybridized carbons (Fsp3) is 0.600. The highest BCUT2D eigenvalue weighted by atomic mass is 19.1. The molecule has 4 heteroatoms. The van der Waals surface area contributed by atoms with Crippen LogP contribution in [0.25, 0.3) is 0 Å². The van der Waals surface area contributed by atoms with Gasteiger partial charge in [-0.25, -0.2) is 4.39 Å². The Morgan fingerprint density at radius 1 is 1.37 bits per heavy atom. The fourth-order valence-electron chi connectivity index (χ4n) is 3.01. The maximum atomic E-state index is 13.6. The Morgan fingerprint density at radius 2 is 2.16 bits per heavy atom. The van der Waals surface area contributed by atoms with Gasteiger partial charge in [0.2, 0.25) is 0 Å². The second kappa shape index (κ2) is 5.88. The van der Waals surface area contributed by atoms with Crippen molar-refractivity contribution in [1.82, 2.24) is 4.90 Å². The number of hydrogen-bond acceptors (Lipinski definition) is 3. The number of halogens is 1. The molecule has 3 nitrogen and oxygen atoms in total. The minimum Gasteiger partial charge on any atom is -0.496 e. The molecular formula is C15H23FN2O. The number of benzene rings is 1. The Balaban J connectivity index is 2.42. The SMILES string of the molecule is COc1ccc(F)cc1C1(CN)CCCN(C)CC1. The summed E-state index contributed by atoms with van der Waals surface area (Å²) >= 11 is 0. The van der Waals surface area contributed by atoms with Gasteiger partial charge in [0, 0.05) is 17.5 Å². The molecule has 1 heterocycles. The predicted molar refractivity (Wildman–Crippen MR) is 75.0 cm³/mol. The first-order valence-corrected chi connectivity index (χ1v) is 6.84. The Labute approximate surface area is 114 Å². The molecule has 0 saturated carbocycles. The lowest BCUT2D eigenvalue weighted by atomic mass is 9.74. The summed E-state index contributed by atoms with van der Waals surface area (Å²) < 4.78 is 19.0. The molecule has 0 bridgehead atoms. The van der Waals surface area contributed by atoms with Gasteiger partial charge in [0.15, 0.2) is 0 Å². The molecule has 19 heavy (non-hydrogen) atoms. The number of likely N-dealkylation sites (tertiary alicyclic amines) is 1. The highest BCUT2D eigenvalue weighted by molar-refractivity contribution is 5.41. The topological polar surface area (TPSA) is 38.5 Å². The third-order valence-corrected chi connectivity index (χ3v) is 4.29. The van der Waals surface area contributed by atoms with Gasteiger partial charge in [-0.3, -0.25) is 0 Å². The van der Waals surface area contributed by atoms with Crippen LogP contribution in [0.4, 0.5) is 4.39 Å². The molecule has 1 aliphatic rings. The molecule has 2 N–H and O–H groups in total. The standard InChI is InChI=1S/C15H23FN2O/c1-18-8-3-6-15(11-17,7-9-18)13-10-12(16)4-5-14(13)19-2/h4-5,10H,3,6-9,11,17H2,1-2H3. The van der Waals surface area contributed by atoms with Crippen molar-refractivity contribution in [2.75, 3.05) is 33.8 Å². The summed E-state index contributed by atoms with van der Waals surface area (Å²) in [5, 5.41) is 0. The van der Waals surface area contributed by atoms with Gasteiger partial charge in [-0.15, -0.1) is 0 Å². The van der Waals surface area contributed by atoms with Crippen molar-refractivity contribution in [3.05, 3.63) is 29.6 Å². The summed E-state index contributed by atoms with van der Waals surface area (Å²) in [7, 11) is 3.75. The summed E-state index contributed by atoms with van der Waals surface area (Å²) in [5.74, 6) is 0.526. The third-order valence-electron chi connectivity index (χ3n) is 4.29. The van der Waals surface area contributed by atoms with Crippen molar-refractivity contribution in [1.29, 1.82) is 0 Å². The van der Waals surface area contributed by atoms with Gasteiger partial charge in [-0.2, -0.15) is 0 Å². The molecule has 1 fully saturated rings. The zero-order chi connectivity index (χ0) is 13.9. The van der Waals surface area contributed by atoms with Gasteiger partial charge < -0.3 is 15.4 Å². The van der Waals surface area contributed by atoms with Gasteiger partial charge in [-0.05, 0) is 57.6 Å². The minimum absolute atomic E-state index is 0.168. The lowest BCUT2D eigenvalue weighted by Gasteiger charge is -2.33. The first-order chi connectivity index (χ1) is 9.11. The summed E-state index contributed by atoms with van der Waals surface area (Å²) in [6, 6.07) is 4.74. The van der Waals surface area contributed by atoms with Gasteiger partial charge in [0.1, 0.15) is 11.6 Å². The van der Waals surface area contributed by atoms with Crippen LogP contribution in [0.2, 0.25) is 0 Å². The van der Waals surface area contributed by atoms with Gasteiger partial charge in [0.25, 0.3) is 0 Å². The van der Waals surface area contributed by atoms with E-state index in [1.807, 2.05) is 0 Å². The van der Waals surface area contributed by atoms with E-state index in [0.717, 1.165) is 43.7 Å². The van der Waals surface area contributed by atoms with Crippen LogP contribution in [-0.2, 0) is 5.41 Å². The van der Waals surface area contributed by atoms with Gasteiger partial charge >= 0.3 is 0 Å². The summed E-state index contributed by atoms with van der Waals surface area (Å²) in [5.41, 5.74) is 6.82. The largest absolute Gasteiger partial charge is 0.496 e. The lowest BCUT2D eigenvalue weighted by Crippen LogP contribution is -2.36. The molecule has 1 unspecified atom stereocenters. The van der Waals surface area contributed by atoms with Crippen molar-refractivity contribution in [3.63, 3.8) is 0 Å². The number of rotatable bonds is 3. The van der Waals surface area contributed by atoms with Crippen molar-refractivity contribution in [2.24, 2.45) is 5.73 Å². The average molecular weight is 266 g/mol. The predicted octanol–water partition coefficient (Wildman–Crippen LogP) is 2.15. The molecule has 1 aromatic carbocycles. The van der Waals surface area contributed by atoms with Crippen molar-refractivity contribution in [2.45, 2.75) is 24.7 Å². The van der Waals surface area contributed by atoms with Crippen molar-refractivity contribution >= 4 is 0 Å². The van der Waals surface area contributed by atoms with E-state index in [9.17, 15) is 4.39 Å². The second-order valence-corrected chi connectivity index (χ2v) is 5.49. The van der Waals surface area contributed by atoms with E-state index in [-0.39, 0.29) is 11.2 Å². The van der Waals surface area contributed by atoms with Crippen molar-refractivity contribution in [3.8, 4) is 5.75 Å². The molecule has 1 aliphatic heterocycles. The smallest absolute Gasteiger partial charge is 0.123 e. The van der Waals surface area contributed by atoms with E-state index >= 15 is 0 Å². The molecule has 106 valence electrons. The number of nitrogens with zero attached hydrogens (tertiary/aromatic N) is 1. The molecule has 1 atom stereocenters. The van der Waals surface area contributed by atoms with Crippen LogP contribution in [0.1, 0.15) is 24.8 Å². The lowest BCUT2D eigenvalue weighted by molar-refractivity contribution is 0.320. The monoisotopic (exact) mass is 266 g/mol. The quantitative estimate of drug-likeness (QED) is 0.911. The van der Waals surface area contributed by atoms with Gasteiger partial charge in [0.05, 0.1) is 7.11 Å². The Morgan fingerprint density at radius 3 is 2.84 bits per heavy atom. The van der Waals surface area contributed by atoms with Crippen LogP contribution >= 0.6 is 0 Å². The number of methoxy groups -OCH3 is 1. The minimum atomic E-state index is -0.221. The van der Waals surface area contributed by atoms with Crippen LogP contribution < -0.4 is 10.5 Å². The summed E-state index contributed by atoms with van der Waals surface area (Å²) in [6.07, 6.45) is 3.00. The highest BCUT2D eigenvalue weighted by Gasteiger charge is 2.35. The molecule has 0 radical (unpaired) electrons. The maximum absolute atomic E-state index is 13.6. The molecule has 0 spiro atoms. The van der Waals surface area contributed by atoms with Crippen LogP contribution in [0, 0.1) is 5.82 Å². The van der Waals surface area contributed by atoms with E-state index < -0.39 is 0 Å². The van der Waals surface area contributed by atoms with Gasteiger partial charge in [-0.1, -0.05) is 0 Å². The number of ether oxygens (including phenoxy) is 1. The second-order valence-electron chi connectivity index (χ2n) is 5.49. The normalized spacial score (nSPS) is 25.1. The molecular weight excluding hydrogens is 243 g/mol. The number of hydrogen-bond donors (Lipinski definition) is 1. The van der Waals surface area contributed by atoms with E-state index in [2.05, 4.69) is 11.9 Å². The van der Waals surface area contributed by atoms with Crippen LogP contribution in [0.15, 0.2) is 18.2 Å². The Bertz CT molecular complexity index is 438. The highest BCUT2D eigenvalue weighted by Crippen LogP contribution is 2.39. The molecule has 0 amide bonds. The average Bonchev–Trinajstić information content (AvgIpc) is 2.61. The first kappa shape index (κ1) is 14.3. The molecule has 1 aromatic rings. The fourth-order valence-corrected chi connectivity index (χ4v) is 3.01. The van der Waals surface area contributed by atoms with E-state index in [1.54, 1.807) is 19.2 Å². The Kier molecular flexibility index (Phi) is 4.42. The van der Waals surface area contributed by atoms with Crippen LogP contribution in [0.5, 0.6) is 5.75 Å². The zero-order valence-electron chi connectivity index (χ0n) is 11.8. The molecule has 2 rings (SSSR count). The third kappa shape index (κ3) is 2.90. The molecule has 0 aromatic heterocycles. The van der Waals surface area contributed by atoms with E-state index in [0.29, 0.717) is 6.54 Å². The molecule has 0 aliphatic carbocycles. The zero-order valence-corrected chi connectivity index (χ0v) is 11.8. The molecule has 1 saturated heterocycles. The number of nitrogens with two attached hydrogens (primary N) is 1. The summed E-state index contributed by atoms with van der Waals surface area (Å²) in [4.78, 5) is 2.31. The summed E-state index contributed by atoms with van der Waals surface area (Å²) in [6.45, 7) is 2.58.